The number of rotatable bonds is 6. The molecule has 0 atom stereocenters. The van der Waals surface area contributed by atoms with Crippen molar-refractivity contribution >= 4 is 44.5 Å². The van der Waals surface area contributed by atoms with Crippen molar-refractivity contribution in [1.82, 2.24) is 9.97 Å². The molecule has 0 spiro atoms. The molecule has 28 heavy (non-hydrogen) atoms. The van der Waals surface area contributed by atoms with E-state index in [1.165, 1.54) is 22.7 Å². The number of carbonyl (C=O) groups is 1. The Kier molecular flexibility index (Phi) is 6.00. The number of hydrogen-bond acceptors (Lipinski definition) is 7. The summed E-state index contributed by atoms with van der Waals surface area (Å²) in [6.07, 6.45) is 0. The number of anilines is 3. The lowest BCUT2D eigenvalue weighted by Gasteiger charge is -2.15. The van der Waals surface area contributed by atoms with Crippen LogP contribution in [0.2, 0.25) is 0 Å². The average molecular weight is 417 g/mol. The molecule has 0 unspecified atom stereocenters. The third kappa shape index (κ3) is 4.69. The van der Waals surface area contributed by atoms with Gasteiger partial charge in [-0.05, 0) is 26.0 Å². The molecule has 0 saturated heterocycles. The van der Waals surface area contributed by atoms with Crippen molar-refractivity contribution in [2.45, 2.75) is 34.6 Å². The van der Waals surface area contributed by atoms with Crippen LogP contribution in [0.4, 0.5) is 16.0 Å². The van der Waals surface area contributed by atoms with Crippen molar-refractivity contribution in [3.63, 3.8) is 0 Å². The van der Waals surface area contributed by atoms with Gasteiger partial charge in [0.1, 0.15) is 5.75 Å². The lowest BCUT2D eigenvalue weighted by molar-refractivity contribution is -0.123. The average Bonchev–Trinajstić information content (AvgIpc) is 3.22. The highest BCUT2D eigenvalue weighted by molar-refractivity contribution is 7.20. The summed E-state index contributed by atoms with van der Waals surface area (Å²) in [6, 6.07) is 7.79. The maximum absolute atomic E-state index is 12.2. The molecule has 0 aliphatic carbocycles. The molecule has 3 rings (SSSR count). The zero-order chi connectivity index (χ0) is 20.3. The van der Waals surface area contributed by atoms with Crippen molar-refractivity contribution in [2.24, 2.45) is 5.41 Å². The molecule has 3 aromatic rings. The summed E-state index contributed by atoms with van der Waals surface area (Å²) in [7, 11) is 0. The predicted octanol–water partition coefficient (Wildman–Crippen LogP) is 5.70. The molecule has 1 amide bonds. The smallest absolute Gasteiger partial charge is 0.231 e. The quantitative estimate of drug-likeness (QED) is 0.539. The molecular weight excluding hydrogens is 392 g/mol. The number of hydrogen-bond donors (Lipinski definition) is 2. The second kappa shape index (κ2) is 8.28. The fourth-order valence-corrected chi connectivity index (χ4v) is 4.08. The predicted molar refractivity (Wildman–Crippen MR) is 117 cm³/mol. The lowest BCUT2D eigenvalue weighted by Crippen LogP contribution is -2.27. The molecule has 0 bridgehead atoms. The topological polar surface area (TPSA) is 76.1 Å². The Morgan fingerprint density at radius 3 is 2.64 bits per heavy atom. The molecule has 148 valence electrons. The minimum atomic E-state index is -0.467. The standard InChI is InChI=1S/C20H24N4O2S2/c1-6-26-15-10-8-7-9-13(15)22-18-23-14(11-27-18)16-12(2)21-19(28-16)24-17(25)20(3,4)5/h7-11H,6H2,1-5H3,(H,22,23)(H,21,24,25). The van der Waals surface area contributed by atoms with E-state index in [0.717, 1.165) is 32.8 Å². The number of nitrogens with zero attached hydrogens (tertiary/aromatic N) is 2. The number of aryl methyl sites for hydroxylation is 1. The van der Waals surface area contributed by atoms with Gasteiger partial charge in [0.05, 0.1) is 28.6 Å². The Hall–Kier alpha value is -2.45. The summed E-state index contributed by atoms with van der Waals surface area (Å²) in [5, 5.41) is 9.57. The van der Waals surface area contributed by atoms with Crippen LogP contribution >= 0.6 is 22.7 Å². The molecule has 2 aromatic heterocycles. The summed E-state index contributed by atoms with van der Waals surface area (Å²) in [6.45, 7) is 10.1. The second-order valence-electron chi connectivity index (χ2n) is 7.23. The van der Waals surface area contributed by atoms with Gasteiger partial charge in [0, 0.05) is 10.8 Å². The van der Waals surface area contributed by atoms with Crippen LogP contribution in [0.5, 0.6) is 5.75 Å². The number of ether oxygens (including phenoxy) is 1. The maximum Gasteiger partial charge on any atom is 0.231 e. The van der Waals surface area contributed by atoms with Crippen LogP contribution in [0, 0.1) is 12.3 Å². The van der Waals surface area contributed by atoms with E-state index in [1.54, 1.807) is 0 Å². The van der Waals surface area contributed by atoms with Crippen LogP contribution in [0.3, 0.4) is 0 Å². The largest absolute Gasteiger partial charge is 0.492 e. The van der Waals surface area contributed by atoms with Gasteiger partial charge in [0.25, 0.3) is 0 Å². The van der Waals surface area contributed by atoms with E-state index in [2.05, 4.69) is 20.6 Å². The first-order valence-electron chi connectivity index (χ1n) is 9.01. The Balaban J connectivity index is 1.78. The molecule has 1 aromatic carbocycles. The highest BCUT2D eigenvalue weighted by Gasteiger charge is 2.23. The van der Waals surface area contributed by atoms with E-state index in [0.29, 0.717) is 11.7 Å². The molecule has 0 aliphatic heterocycles. The van der Waals surface area contributed by atoms with Crippen molar-refractivity contribution in [3.8, 4) is 16.3 Å². The van der Waals surface area contributed by atoms with Gasteiger partial charge in [-0.3, -0.25) is 4.79 Å². The van der Waals surface area contributed by atoms with Crippen LogP contribution < -0.4 is 15.4 Å². The minimum Gasteiger partial charge on any atom is -0.492 e. The molecule has 2 heterocycles. The van der Waals surface area contributed by atoms with Crippen LogP contribution in [-0.4, -0.2) is 22.5 Å². The Labute approximate surface area is 173 Å². The fraction of sp³-hybridized carbons (Fsp3) is 0.350. The molecule has 8 heteroatoms. The van der Waals surface area contributed by atoms with Gasteiger partial charge in [-0.25, -0.2) is 9.97 Å². The fourth-order valence-electron chi connectivity index (χ4n) is 2.37. The number of thiazole rings is 2. The van der Waals surface area contributed by atoms with Crippen LogP contribution in [-0.2, 0) is 4.79 Å². The zero-order valence-electron chi connectivity index (χ0n) is 16.6. The highest BCUT2D eigenvalue weighted by Crippen LogP contribution is 2.36. The Morgan fingerprint density at radius 2 is 1.93 bits per heavy atom. The monoisotopic (exact) mass is 416 g/mol. The molecule has 0 fully saturated rings. The molecule has 2 N–H and O–H groups in total. The van der Waals surface area contributed by atoms with Gasteiger partial charge in [-0.1, -0.05) is 44.2 Å². The molecule has 0 radical (unpaired) electrons. The van der Waals surface area contributed by atoms with Gasteiger partial charge < -0.3 is 15.4 Å². The first-order chi connectivity index (χ1) is 13.3. The molecule has 0 aliphatic rings. The van der Waals surface area contributed by atoms with Gasteiger partial charge >= 0.3 is 0 Å². The Bertz CT molecular complexity index is 973. The van der Waals surface area contributed by atoms with Crippen LogP contribution in [0.1, 0.15) is 33.4 Å². The van der Waals surface area contributed by atoms with Gasteiger partial charge in [0.2, 0.25) is 5.91 Å². The summed E-state index contributed by atoms with van der Waals surface area (Å²) < 4.78 is 5.65. The number of carbonyl (C=O) groups excluding carboxylic acids is 1. The zero-order valence-corrected chi connectivity index (χ0v) is 18.3. The Morgan fingerprint density at radius 1 is 1.18 bits per heavy atom. The number of para-hydroxylation sites is 2. The summed E-state index contributed by atoms with van der Waals surface area (Å²) in [5.41, 5.74) is 2.10. The molecule has 6 nitrogen and oxygen atoms in total. The normalized spacial score (nSPS) is 11.3. The summed E-state index contributed by atoms with van der Waals surface area (Å²) in [4.78, 5) is 22.3. The summed E-state index contributed by atoms with van der Waals surface area (Å²) >= 11 is 2.95. The highest BCUT2D eigenvalue weighted by atomic mass is 32.1. The second-order valence-corrected chi connectivity index (χ2v) is 9.09. The third-order valence-electron chi connectivity index (χ3n) is 3.86. The molecule has 0 saturated carbocycles. The van der Waals surface area contributed by atoms with Gasteiger partial charge in [-0.2, -0.15) is 0 Å². The van der Waals surface area contributed by atoms with Gasteiger partial charge in [0.15, 0.2) is 10.3 Å². The van der Waals surface area contributed by atoms with E-state index >= 15 is 0 Å². The van der Waals surface area contributed by atoms with E-state index < -0.39 is 5.41 Å². The first kappa shape index (κ1) is 20.3. The maximum atomic E-state index is 12.2. The number of amides is 1. The van der Waals surface area contributed by atoms with E-state index in [1.807, 2.05) is 64.3 Å². The van der Waals surface area contributed by atoms with E-state index in [-0.39, 0.29) is 5.91 Å². The molecular formula is C20H24N4O2S2. The lowest BCUT2D eigenvalue weighted by atomic mass is 9.96. The minimum absolute atomic E-state index is 0.0547. The number of aromatic nitrogens is 2. The number of nitrogens with one attached hydrogen (secondary N) is 2. The van der Waals surface area contributed by atoms with Crippen molar-refractivity contribution in [1.29, 1.82) is 0 Å². The third-order valence-corrected chi connectivity index (χ3v) is 5.72. The SMILES string of the molecule is CCOc1ccccc1Nc1nc(-c2sc(NC(=O)C(C)(C)C)nc2C)cs1. The van der Waals surface area contributed by atoms with Crippen LogP contribution in [0.25, 0.3) is 10.6 Å². The van der Waals surface area contributed by atoms with Crippen molar-refractivity contribution in [2.75, 3.05) is 17.2 Å². The number of benzene rings is 1. The van der Waals surface area contributed by atoms with Crippen molar-refractivity contribution < 1.29 is 9.53 Å². The van der Waals surface area contributed by atoms with E-state index in [9.17, 15) is 4.79 Å². The van der Waals surface area contributed by atoms with Gasteiger partial charge in [-0.15, -0.1) is 11.3 Å². The van der Waals surface area contributed by atoms with Crippen LogP contribution in [0.15, 0.2) is 29.6 Å². The summed E-state index contributed by atoms with van der Waals surface area (Å²) in [5.74, 6) is 0.740. The first-order valence-corrected chi connectivity index (χ1v) is 10.7. The van der Waals surface area contributed by atoms with E-state index in [4.69, 9.17) is 4.74 Å². The van der Waals surface area contributed by atoms with Crippen molar-refractivity contribution in [3.05, 3.63) is 35.3 Å².